The summed E-state index contributed by atoms with van der Waals surface area (Å²) in [6, 6.07) is 0. The number of fused-ring (bicyclic) bond motifs is 1. The molecule has 3 rings (SSSR count). The first-order valence-electron chi connectivity index (χ1n) is 12.3. The number of aliphatic hydroxyl groups excluding tert-OH is 2. The lowest BCUT2D eigenvalue weighted by molar-refractivity contribution is 0.0862. The maximum atomic E-state index is 10.1. The molecule has 0 saturated heterocycles. The van der Waals surface area contributed by atoms with Crippen LogP contribution in [0.4, 0.5) is 0 Å². The van der Waals surface area contributed by atoms with Crippen molar-refractivity contribution in [1.82, 2.24) is 0 Å². The number of rotatable bonds is 5. The number of nitrogens with one attached hydrogen (secondary N) is 1. The van der Waals surface area contributed by atoms with E-state index < -0.39 is 12.2 Å². The van der Waals surface area contributed by atoms with Crippen LogP contribution in [-0.2, 0) is 0 Å². The Morgan fingerprint density at radius 3 is 2.72 bits per heavy atom. The van der Waals surface area contributed by atoms with E-state index in [1.165, 1.54) is 18.4 Å². The molecule has 3 N–H and O–H groups in total. The summed E-state index contributed by atoms with van der Waals surface area (Å²) < 4.78 is 0. The molecule has 0 unspecified atom stereocenters. The van der Waals surface area contributed by atoms with Crippen LogP contribution in [0.25, 0.3) is 0 Å². The Hall–Kier alpha value is -1.71. The van der Waals surface area contributed by atoms with Crippen LogP contribution in [-0.4, -0.2) is 28.1 Å². The average Bonchev–Trinajstić information content (AvgIpc) is 3.06. The van der Waals surface area contributed by atoms with Crippen LogP contribution < -0.4 is 0 Å². The van der Waals surface area contributed by atoms with Crippen molar-refractivity contribution in [2.45, 2.75) is 91.8 Å². The van der Waals surface area contributed by atoms with E-state index in [0.717, 1.165) is 30.4 Å². The summed E-state index contributed by atoms with van der Waals surface area (Å²) in [5.74, 6) is 1.02. The fourth-order valence-electron chi connectivity index (χ4n) is 5.85. The van der Waals surface area contributed by atoms with Crippen molar-refractivity contribution in [2.24, 2.45) is 22.7 Å². The molecule has 3 heteroatoms. The van der Waals surface area contributed by atoms with Crippen molar-refractivity contribution in [3.8, 4) is 0 Å². The van der Waals surface area contributed by atoms with Gasteiger partial charge in [-0.25, -0.2) is 0 Å². The topological polar surface area (TPSA) is 64.3 Å². The van der Waals surface area contributed by atoms with Gasteiger partial charge in [-0.05, 0) is 73.0 Å². The van der Waals surface area contributed by atoms with Gasteiger partial charge < -0.3 is 15.6 Å². The highest BCUT2D eigenvalue weighted by molar-refractivity contribution is 5.96. The molecule has 32 heavy (non-hydrogen) atoms. The lowest BCUT2D eigenvalue weighted by Gasteiger charge is -2.42. The molecule has 3 aliphatic rings. The quantitative estimate of drug-likeness (QED) is 0.331. The third kappa shape index (κ3) is 5.26. The van der Waals surface area contributed by atoms with Gasteiger partial charge in [0.2, 0.25) is 0 Å². The summed E-state index contributed by atoms with van der Waals surface area (Å²) in [6.45, 7) is 15.1. The second-order valence-electron chi connectivity index (χ2n) is 11.5. The molecule has 0 heterocycles. The van der Waals surface area contributed by atoms with Gasteiger partial charge in [-0.3, -0.25) is 0 Å². The molecule has 0 bridgehead atoms. The molecular formula is C29H43NO2. The lowest BCUT2D eigenvalue weighted by atomic mass is 9.62. The SMILES string of the molecule is C=C1/C(=C\C=C2/CCC[C@]3(C)C([C@@H](C)C/C=C/C(=N)C(C)(C)C)=CC[C@@H]23)C[C@@H](O)C[C@@H]1O. The highest BCUT2D eigenvalue weighted by Crippen LogP contribution is 2.57. The van der Waals surface area contributed by atoms with E-state index in [4.69, 9.17) is 5.41 Å². The molecule has 0 aromatic heterocycles. The largest absolute Gasteiger partial charge is 0.393 e. The van der Waals surface area contributed by atoms with Crippen LogP contribution in [0.3, 0.4) is 0 Å². The minimum Gasteiger partial charge on any atom is -0.393 e. The molecule has 0 aromatic rings. The van der Waals surface area contributed by atoms with Gasteiger partial charge in [0.15, 0.2) is 0 Å². The van der Waals surface area contributed by atoms with E-state index in [1.54, 1.807) is 5.57 Å². The summed E-state index contributed by atoms with van der Waals surface area (Å²) in [6.07, 6.45) is 16.5. The van der Waals surface area contributed by atoms with Crippen molar-refractivity contribution < 1.29 is 10.2 Å². The van der Waals surface area contributed by atoms with Crippen LogP contribution in [0.5, 0.6) is 0 Å². The first-order valence-corrected chi connectivity index (χ1v) is 12.3. The zero-order valence-electron chi connectivity index (χ0n) is 20.7. The van der Waals surface area contributed by atoms with Crippen LogP contribution in [0.15, 0.2) is 59.3 Å². The highest BCUT2D eigenvalue weighted by atomic mass is 16.3. The molecule has 2 fully saturated rings. The van der Waals surface area contributed by atoms with Crippen LogP contribution >= 0.6 is 0 Å². The molecule has 176 valence electrons. The predicted molar refractivity (Wildman–Crippen MR) is 135 cm³/mol. The van der Waals surface area contributed by atoms with E-state index in [0.29, 0.717) is 30.4 Å². The summed E-state index contributed by atoms with van der Waals surface area (Å²) in [5, 5.41) is 28.4. The zero-order chi connectivity index (χ0) is 23.7. The van der Waals surface area contributed by atoms with Gasteiger partial charge in [-0.1, -0.05) is 76.6 Å². The van der Waals surface area contributed by atoms with Crippen molar-refractivity contribution in [2.75, 3.05) is 0 Å². The number of hydrogen-bond donors (Lipinski definition) is 3. The third-order valence-corrected chi connectivity index (χ3v) is 7.99. The van der Waals surface area contributed by atoms with E-state index in [2.05, 4.69) is 65.5 Å². The molecular weight excluding hydrogens is 394 g/mol. The third-order valence-electron chi connectivity index (χ3n) is 7.99. The molecule has 0 spiro atoms. The predicted octanol–water partition coefficient (Wildman–Crippen LogP) is 6.70. The fraction of sp³-hybridized carbons (Fsp3) is 0.621. The monoisotopic (exact) mass is 437 g/mol. The molecule has 5 atom stereocenters. The van der Waals surface area contributed by atoms with Crippen LogP contribution in [0.1, 0.15) is 79.6 Å². The lowest BCUT2D eigenvalue weighted by Crippen LogP contribution is -2.32. The first kappa shape index (κ1) is 24.9. The number of aliphatic hydroxyl groups is 2. The first-order chi connectivity index (χ1) is 14.9. The Morgan fingerprint density at radius 1 is 1.31 bits per heavy atom. The summed E-state index contributed by atoms with van der Waals surface area (Å²) in [4.78, 5) is 0. The minimum atomic E-state index is -0.631. The second-order valence-corrected chi connectivity index (χ2v) is 11.5. The zero-order valence-corrected chi connectivity index (χ0v) is 20.7. The molecule has 3 nitrogen and oxygen atoms in total. The van der Waals surface area contributed by atoms with Gasteiger partial charge >= 0.3 is 0 Å². The van der Waals surface area contributed by atoms with Crippen molar-refractivity contribution >= 4 is 5.71 Å². The smallest absolute Gasteiger partial charge is 0.0811 e. The van der Waals surface area contributed by atoms with Gasteiger partial charge in [0.1, 0.15) is 0 Å². The number of hydrogen-bond acceptors (Lipinski definition) is 3. The second kappa shape index (κ2) is 9.65. The maximum Gasteiger partial charge on any atom is 0.0811 e. The van der Waals surface area contributed by atoms with Gasteiger partial charge in [-0.15, -0.1) is 0 Å². The van der Waals surface area contributed by atoms with E-state index >= 15 is 0 Å². The standard InChI is InChI=1S/C29H43NO2/c1-19(9-7-11-27(30)28(3,4)5)24-14-15-25-21(10-8-16-29(24,25)6)12-13-22-17-23(31)18-26(32)20(22)2/h7,11-14,19,23,25-26,30-32H,2,8-10,15-18H2,1,3-6H3/b11-7+,21-12+,22-13-,30-27?/t19-,23+,25-,26-,29+/m0/s1. The Bertz CT molecular complexity index is 866. The van der Waals surface area contributed by atoms with Crippen molar-refractivity contribution in [3.63, 3.8) is 0 Å². The van der Waals surface area contributed by atoms with E-state index in [9.17, 15) is 10.2 Å². The average molecular weight is 438 g/mol. The van der Waals surface area contributed by atoms with Gasteiger partial charge in [0.05, 0.1) is 12.2 Å². The van der Waals surface area contributed by atoms with Gasteiger partial charge in [-0.2, -0.15) is 0 Å². The summed E-state index contributed by atoms with van der Waals surface area (Å²) in [5.41, 5.74) is 5.62. The Morgan fingerprint density at radius 2 is 2.03 bits per heavy atom. The molecule has 3 aliphatic carbocycles. The van der Waals surface area contributed by atoms with Crippen molar-refractivity contribution in [3.05, 3.63) is 59.3 Å². The molecule has 2 saturated carbocycles. The normalized spacial score (nSPS) is 34.8. The molecule has 0 radical (unpaired) electrons. The Kier molecular flexibility index (Phi) is 7.51. The number of allylic oxidation sites excluding steroid dienone is 7. The van der Waals surface area contributed by atoms with E-state index in [1.807, 2.05) is 6.08 Å². The van der Waals surface area contributed by atoms with Crippen LogP contribution in [0, 0.1) is 28.1 Å². The van der Waals surface area contributed by atoms with Crippen molar-refractivity contribution in [1.29, 1.82) is 5.41 Å². The molecule has 0 aliphatic heterocycles. The minimum absolute atomic E-state index is 0.100. The van der Waals surface area contributed by atoms with Crippen LogP contribution in [0.2, 0.25) is 0 Å². The van der Waals surface area contributed by atoms with E-state index in [-0.39, 0.29) is 10.8 Å². The summed E-state index contributed by atoms with van der Waals surface area (Å²) >= 11 is 0. The fourth-order valence-corrected chi connectivity index (χ4v) is 5.85. The van der Waals surface area contributed by atoms with Gasteiger partial charge in [0.25, 0.3) is 0 Å². The molecule has 0 aromatic carbocycles. The molecule has 0 amide bonds. The van der Waals surface area contributed by atoms with Gasteiger partial charge in [0, 0.05) is 17.5 Å². The summed E-state index contributed by atoms with van der Waals surface area (Å²) in [7, 11) is 0. The Balaban J connectivity index is 1.72. The maximum absolute atomic E-state index is 10.1. The Labute approximate surface area is 195 Å². The highest BCUT2D eigenvalue weighted by Gasteiger charge is 2.45.